The summed E-state index contributed by atoms with van der Waals surface area (Å²) in [5.41, 5.74) is 2.01. The molecule has 5 heteroatoms. The maximum Gasteiger partial charge on any atom is 0.258 e. The van der Waals surface area contributed by atoms with Gasteiger partial charge in [0.15, 0.2) is 0 Å². The van der Waals surface area contributed by atoms with Gasteiger partial charge < -0.3 is 4.90 Å². The number of fused-ring (bicyclic) bond motifs is 1. The van der Waals surface area contributed by atoms with Crippen LogP contribution in [0.3, 0.4) is 0 Å². The number of aromatic nitrogens is 2. The zero-order valence-electron chi connectivity index (χ0n) is 11.3. The minimum Gasteiger partial charge on any atom is -0.311 e. The summed E-state index contributed by atoms with van der Waals surface area (Å²) in [7, 11) is 1.72. The van der Waals surface area contributed by atoms with Crippen molar-refractivity contribution in [3.63, 3.8) is 0 Å². The van der Waals surface area contributed by atoms with E-state index in [4.69, 9.17) is 11.6 Å². The van der Waals surface area contributed by atoms with Crippen LogP contribution in [0.5, 0.6) is 0 Å². The van der Waals surface area contributed by atoms with Crippen LogP contribution in [0.4, 0.5) is 5.69 Å². The number of benzene rings is 1. The topological polar surface area (TPSA) is 46.1 Å². The highest BCUT2D eigenvalue weighted by atomic mass is 35.5. The second-order valence-electron chi connectivity index (χ2n) is 4.58. The number of hydrogen-bond acceptors (Lipinski definition) is 3. The van der Waals surface area contributed by atoms with Gasteiger partial charge in [-0.2, -0.15) is 0 Å². The zero-order valence-corrected chi connectivity index (χ0v) is 12.1. The Morgan fingerprint density at radius 1 is 1.14 bits per heavy atom. The van der Waals surface area contributed by atoms with Crippen molar-refractivity contribution >= 4 is 34.1 Å². The van der Waals surface area contributed by atoms with E-state index in [0.29, 0.717) is 16.2 Å². The van der Waals surface area contributed by atoms with E-state index >= 15 is 0 Å². The Kier molecular flexibility index (Phi) is 3.54. The molecule has 0 aliphatic carbocycles. The maximum absolute atomic E-state index is 12.7. The van der Waals surface area contributed by atoms with Gasteiger partial charge >= 0.3 is 0 Å². The minimum absolute atomic E-state index is 0.137. The third-order valence-electron chi connectivity index (χ3n) is 3.27. The Labute approximate surface area is 127 Å². The van der Waals surface area contributed by atoms with Crippen LogP contribution in [-0.2, 0) is 0 Å². The molecule has 0 spiro atoms. The van der Waals surface area contributed by atoms with Crippen molar-refractivity contribution in [3.8, 4) is 0 Å². The van der Waals surface area contributed by atoms with Crippen molar-refractivity contribution in [1.29, 1.82) is 0 Å². The van der Waals surface area contributed by atoms with Crippen LogP contribution in [0.15, 0.2) is 54.9 Å². The highest BCUT2D eigenvalue weighted by molar-refractivity contribution is 6.30. The van der Waals surface area contributed by atoms with Crippen molar-refractivity contribution in [3.05, 3.63) is 65.6 Å². The number of carbonyl (C=O) groups excluding carboxylic acids is 1. The van der Waals surface area contributed by atoms with E-state index in [9.17, 15) is 4.79 Å². The first-order valence-corrected chi connectivity index (χ1v) is 6.78. The molecular formula is C16H12ClN3O. The fourth-order valence-electron chi connectivity index (χ4n) is 2.19. The quantitative estimate of drug-likeness (QED) is 0.679. The van der Waals surface area contributed by atoms with Crippen LogP contribution in [0.25, 0.3) is 10.9 Å². The molecule has 1 aromatic carbocycles. The summed E-state index contributed by atoms with van der Waals surface area (Å²) in [6, 6.07) is 12.6. The van der Waals surface area contributed by atoms with E-state index in [1.54, 1.807) is 42.5 Å². The number of pyridine rings is 2. The molecule has 104 valence electrons. The second kappa shape index (κ2) is 5.50. The number of rotatable bonds is 2. The summed E-state index contributed by atoms with van der Waals surface area (Å²) < 4.78 is 0. The molecule has 0 N–H and O–H groups in total. The highest BCUT2D eigenvalue weighted by Crippen LogP contribution is 2.23. The predicted molar refractivity (Wildman–Crippen MR) is 83.7 cm³/mol. The van der Waals surface area contributed by atoms with Crippen LogP contribution in [0.2, 0.25) is 5.15 Å². The molecule has 0 unspecified atom stereocenters. The van der Waals surface area contributed by atoms with Crippen LogP contribution in [0, 0.1) is 0 Å². The molecule has 3 rings (SSSR count). The summed E-state index contributed by atoms with van der Waals surface area (Å²) in [4.78, 5) is 22.5. The third kappa shape index (κ3) is 2.58. The molecule has 0 bridgehead atoms. The van der Waals surface area contributed by atoms with Crippen molar-refractivity contribution in [2.75, 3.05) is 11.9 Å². The predicted octanol–water partition coefficient (Wildman–Crippen LogP) is 3.56. The van der Waals surface area contributed by atoms with Crippen molar-refractivity contribution in [2.45, 2.75) is 0 Å². The Morgan fingerprint density at radius 3 is 2.62 bits per heavy atom. The fourth-order valence-corrected chi connectivity index (χ4v) is 2.39. The molecule has 0 saturated heterocycles. The van der Waals surface area contributed by atoms with E-state index < -0.39 is 0 Å². The number of anilines is 1. The van der Waals surface area contributed by atoms with E-state index in [0.717, 1.165) is 11.1 Å². The number of halogens is 1. The van der Waals surface area contributed by atoms with Gasteiger partial charge in [0.2, 0.25) is 0 Å². The second-order valence-corrected chi connectivity index (χ2v) is 4.97. The smallest absolute Gasteiger partial charge is 0.258 e. The molecule has 0 fully saturated rings. The van der Waals surface area contributed by atoms with E-state index in [1.807, 2.05) is 24.3 Å². The van der Waals surface area contributed by atoms with Gasteiger partial charge in [0.1, 0.15) is 5.15 Å². The average molecular weight is 298 g/mol. The molecule has 0 aliphatic heterocycles. The summed E-state index contributed by atoms with van der Waals surface area (Å²) in [6.45, 7) is 0. The molecule has 21 heavy (non-hydrogen) atoms. The SMILES string of the molecule is CN(C(=O)c1cc(Cl)nc2ccccc12)c1ccncc1. The standard InChI is InChI=1S/C16H12ClN3O/c1-20(11-6-8-18-9-7-11)16(21)13-10-15(17)19-14-5-3-2-4-12(13)14/h2-10H,1H3. The molecule has 3 aromatic rings. The Bertz CT molecular complexity index is 805. The van der Waals surface area contributed by atoms with Gasteiger partial charge in [-0.25, -0.2) is 4.98 Å². The zero-order chi connectivity index (χ0) is 14.8. The number of nitrogens with zero attached hydrogens (tertiary/aromatic N) is 3. The summed E-state index contributed by atoms with van der Waals surface area (Å²) >= 11 is 6.03. The molecule has 0 saturated carbocycles. The monoisotopic (exact) mass is 297 g/mol. The first-order chi connectivity index (χ1) is 10.2. The fraction of sp³-hybridized carbons (Fsp3) is 0.0625. The Hall–Kier alpha value is -2.46. The molecular weight excluding hydrogens is 286 g/mol. The first-order valence-electron chi connectivity index (χ1n) is 6.40. The number of carbonyl (C=O) groups is 1. The lowest BCUT2D eigenvalue weighted by atomic mass is 10.1. The molecule has 2 heterocycles. The Morgan fingerprint density at radius 2 is 1.86 bits per heavy atom. The van der Waals surface area contributed by atoms with Gasteiger partial charge in [0, 0.05) is 30.5 Å². The molecule has 2 aromatic heterocycles. The summed E-state index contributed by atoms with van der Waals surface area (Å²) in [5.74, 6) is -0.137. The van der Waals surface area contributed by atoms with Gasteiger partial charge in [-0.3, -0.25) is 9.78 Å². The van der Waals surface area contributed by atoms with Gasteiger partial charge in [-0.15, -0.1) is 0 Å². The summed E-state index contributed by atoms with van der Waals surface area (Å²) in [6.07, 6.45) is 3.30. The lowest BCUT2D eigenvalue weighted by Crippen LogP contribution is -2.26. The lowest BCUT2D eigenvalue weighted by molar-refractivity contribution is 0.0994. The largest absolute Gasteiger partial charge is 0.311 e. The van der Waals surface area contributed by atoms with Gasteiger partial charge in [-0.1, -0.05) is 29.8 Å². The van der Waals surface area contributed by atoms with Crippen LogP contribution >= 0.6 is 11.6 Å². The van der Waals surface area contributed by atoms with Crippen molar-refractivity contribution in [2.24, 2.45) is 0 Å². The summed E-state index contributed by atoms with van der Waals surface area (Å²) in [5, 5.41) is 1.09. The van der Waals surface area contributed by atoms with Gasteiger partial charge in [-0.05, 0) is 24.3 Å². The van der Waals surface area contributed by atoms with Gasteiger partial charge in [0.25, 0.3) is 5.91 Å². The highest BCUT2D eigenvalue weighted by Gasteiger charge is 2.17. The molecule has 1 amide bonds. The van der Waals surface area contributed by atoms with E-state index in [1.165, 1.54) is 0 Å². The van der Waals surface area contributed by atoms with Gasteiger partial charge in [0.05, 0.1) is 11.1 Å². The number of amides is 1. The number of hydrogen-bond donors (Lipinski definition) is 0. The van der Waals surface area contributed by atoms with Crippen molar-refractivity contribution < 1.29 is 4.79 Å². The van der Waals surface area contributed by atoms with Crippen molar-refractivity contribution in [1.82, 2.24) is 9.97 Å². The normalized spacial score (nSPS) is 10.6. The third-order valence-corrected chi connectivity index (χ3v) is 3.46. The molecule has 0 atom stereocenters. The lowest BCUT2D eigenvalue weighted by Gasteiger charge is -2.18. The molecule has 0 radical (unpaired) electrons. The minimum atomic E-state index is -0.137. The number of para-hydroxylation sites is 1. The van der Waals surface area contributed by atoms with Crippen LogP contribution in [-0.4, -0.2) is 22.9 Å². The van der Waals surface area contributed by atoms with Crippen LogP contribution in [0.1, 0.15) is 10.4 Å². The van der Waals surface area contributed by atoms with E-state index in [2.05, 4.69) is 9.97 Å². The molecule has 0 aliphatic rings. The van der Waals surface area contributed by atoms with Crippen LogP contribution < -0.4 is 4.90 Å². The first kappa shape index (κ1) is 13.5. The van der Waals surface area contributed by atoms with E-state index in [-0.39, 0.29) is 5.91 Å². The molecule has 4 nitrogen and oxygen atoms in total. The Balaban J connectivity index is 2.10. The average Bonchev–Trinajstić information content (AvgIpc) is 2.53. The maximum atomic E-state index is 12.7.